The topological polar surface area (TPSA) is 135 Å². The Kier molecular flexibility index (Phi) is 2.59. The number of hydrogen-bond acceptors (Lipinski definition) is 6. The van der Waals surface area contributed by atoms with Crippen LogP contribution in [0.2, 0.25) is 0 Å². The van der Waals surface area contributed by atoms with Gasteiger partial charge in [-0.25, -0.2) is 13.6 Å². The number of anilines is 1. The summed E-state index contributed by atoms with van der Waals surface area (Å²) in [7, 11) is -3.57. The van der Waals surface area contributed by atoms with Crippen molar-refractivity contribution in [2.45, 2.75) is 6.42 Å². The summed E-state index contributed by atoms with van der Waals surface area (Å²) >= 11 is 0. The van der Waals surface area contributed by atoms with Crippen LogP contribution in [0.15, 0.2) is 0 Å². The monoisotopic (exact) mass is 246 g/mol. The van der Waals surface area contributed by atoms with E-state index in [-0.39, 0.29) is 36.5 Å². The van der Waals surface area contributed by atoms with Gasteiger partial charge in [-0.05, 0) is 5.21 Å². The standard InChI is InChI=1S/C6H10N6O3S/c7-16(14,15)3-4-1-5(13)12(2-4)6-8-10-11-9-6/h4H,1-3H2,(H2,7,14,15)(H,8,9,10,11). The largest absolute Gasteiger partial charge is 0.278 e. The number of nitrogens with two attached hydrogens (primary N) is 1. The third kappa shape index (κ3) is 2.33. The average Bonchev–Trinajstić information content (AvgIpc) is 2.71. The molecule has 88 valence electrons. The van der Waals surface area contributed by atoms with Crippen molar-refractivity contribution >= 4 is 21.9 Å². The highest BCUT2D eigenvalue weighted by Gasteiger charge is 2.34. The predicted molar refractivity (Wildman–Crippen MR) is 52.6 cm³/mol. The molecular formula is C6H10N6O3S. The van der Waals surface area contributed by atoms with Crippen LogP contribution in [0.5, 0.6) is 0 Å². The van der Waals surface area contributed by atoms with Crippen LogP contribution in [0.25, 0.3) is 0 Å². The fourth-order valence-electron chi connectivity index (χ4n) is 1.69. The number of amides is 1. The number of carbonyl (C=O) groups excluding carboxylic acids is 1. The molecule has 0 spiro atoms. The summed E-state index contributed by atoms with van der Waals surface area (Å²) in [6.07, 6.45) is 0.130. The fourth-order valence-corrected chi connectivity index (χ4v) is 2.57. The molecular weight excluding hydrogens is 236 g/mol. The first-order valence-electron chi connectivity index (χ1n) is 4.50. The molecule has 2 heterocycles. The highest BCUT2D eigenvalue weighted by Crippen LogP contribution is 2.21. The van der Waals surface area contributed by atoms with Crippen LogP contribution >= 0.6 is 0 Å². The number of nitrogens with zero attached hydrogens (tertiary/aromatic N) is 4. The number of carbonyl (C=O) groups is 1. The predicted octanol–water partition coefficient (Wildman–Crippen LogP) is -2.16. The summed E-state index contributed by atoms with van der Waals surface area (Å²) in [5.74, 6) is -0.606. The summed E-state index contributed by atoms with van der Waals surface area (Å²) in [6, 6.07) is 0. The molecule has 1 saturated heterocycles. The summed E-state index contributed by atoms with van der Waals surface area (Å²) in [5, 5.41) is 17.8. The summed E-state index contributed by atoms with van der Waals surface area (Å²) < 4.78 is 21.8. The number of aromatic amines is 1. The molecule has 3 N–H and O–H groups in total. The van der Waals surface area contributed by atoms with Gasteiger partial charge in [0.25, 0.3) is 5.95 Å². The highest BCUT2D eigenvalue weighted by molar-refractivity contribution is 7.89. The van der Waals surface area contributed by atoms with Gasteiger partial charge in [0.1, 0.15) is 0 Å². The van der Waals surface area contributed by atoms with Gasteiger partial charge in [-0.1, -0.05) is 5.10 Å². The lowest BCUT2D eigenvalue weighted by Crippen LogP contribution is -2.28. The third-order valence-corrected chi connectivity index (χ3v) is 3.18. The quantitative estimate of drug-likeness (QED) is 0.623. The Balaban J connectivity index is 2.08. The lowest BCUT2D eigenvalue weighted by Gasteiger charge is -2.10. The van der Waals surface area contributed by atoms with E-state index in [0.717, 1.165) is 0 Å². The minimum Gasteiger partial charge on any atom is -0.278 e. The van der Waals surface area contributed by atoms with E-state index in [1.807, 2.05) is 0 Å². The van der Waals surface area contributed by atoms with Crippen molar-refractivity contribution in [3.05, 3.63) is 0 Å². The third-order valence-electron chi connectivity index (χ3n) is 2.25. The Bertz CT molecular complexity index is 482. The number of sulfonamides is 1. The number of aromatic nitrogens is 4. The summed E-state index contributed by atoms with van der Waals surface area (Å²) in [4.78, 5) is 12.8. The molecule has 1 amide bonds. The van der Waals surface area contributed by atoms with Crippen LogP contribution in [0, 0.1) is 5.92 Å². The zero-order valence-corrected chi connectivity index (χ0v) is 9.01. The maximum absolute atomic E-state index is 11.5. The molecule has 2 rings (SSSR count). The Morgan fingerprint density at radius 3 is 2.88 bits per heavy atom. The Hall–Kier alpha value is -1.55. The summed E-state index contributed by atoms with van der Waals surface area (Å²) in [5.41, 5.74) is 0. The molecule has 16 heavy (non-hydrogen) atoms. The van der Waals surface area contributed by atoms with Crippen LogP contribution < -0.4 is 10.0 Å². The van der Waals surface area contributed by atoms with Gasteiger partial charge in [0.05, 0.1) is 5.75 Å². The van der Waals surface area contributed by atoms with E-state index < -0.39 is 10.0 Å². The number of hydrogen-bond donors (Lipinski definition) is 2. The number of H-pyrrole nitrogens is 1. The van der Waals surface area contributed by atoms with Crippen molar-refractivity contribution in [2.75, 3.05) is 17.2 Å². The number of tetrazole rings is 1. The van der Waals surface area contributed by atoms with Crippen molar-refractivity contribution in [3.8, 4) is 0 Å². The lowest BCUT2D eigenvalue weighted by atomic mass is 10.1. The highest BCUT2D eigenvalue weighted by atomic mass is 32.2. The molecule has 0 bridgehead atoms. The van der Waals surface area contributed by atoms with E-state index in [9.17, 15) is 13.2 Å². The van der Waals surface area contributed by atoms with Crippen LogP contribution in [-0.2, 0) is 14.8 Å². The van der Waals surface area contributed by atoms with E-state index >= 15 is 0 Å². The van der Waals surface area contributed by atoms with Gasteiger partial charge in [-0.2, -0.15) is 5.21 Å². The zero-order valence-electron chi connectivity index (χ0n) is 8.20. The van der Waals surface area contributed by atoms with E-state index in [4.69, 9.17) is 5.14 Å². The van der Waals surface area contributed by atoms with Crippen LogP contribution in [0.3, 0.4) is 0 Å². The van der Waals surface area contributed by atoms with E-state index in [1.54, 1.807) is 0 Å². The van der Waals surface area contributed by atoms with Gasteiger partial charge in [0.15, 0.2) is 0 Å². The molecule has 9 nitrogen and oxygen atoms in total. The van der Waals surface area contributed by atoms with Crippen LogP contribution in [0.4, 0.5) is 5.95 Å². The molecule has 0 aromatic carbocycles. The van der Waals surface area contributed by atoms with E-state index in [2.05, 4.69) is 20.6 Å². The van der Waals surface area contributed by atoms with E-state index in [0.29, 0.717) is 0 Å². The molecule has 1 atom stereocenters. The van der Waals surface area contributed by atoms with Crippen molar-refractivity contribution in [2.24, 2.45) is 11.1 Å². The molecule has 1 aromatic heterocycles. The molecule has 1 aromatic rings. The molecule has 0 saturated carbocycles. The second-order valence-electron chi connectivity index (χ2n) is 3.62. The normalized spacial score (nSPS) is 21.7. The van der Waals surface area contributed by atoms with Crippen molar-refractivity contribution < 1.29 is 13.2 Å². The van der Waals surface area contributed by atoms with Gasteiger partial charge in [0, 0.05) is 18.9 Å². The second kappa shape index (κ2) is 3.79. The van der Waals surface area contributed by atoms with Crippen LogP contribution in [-0.4, -0.2) is 47.2 Å². The van der Waals surface area contributed by atoms with Crippen molar-refractivity contribution in [1.82, 2.24) is 20.6 Å². The maximum Gasteiger partial charge on any atom is 0.272 e. The van der Waals surface area contributed by atoms with Gasteiger partial charge in [-0.3, -0.25) is 9.69 Å². The van der Waals surface area contributed by atoms with Gasteiger partial charge in [-0.15, -0.1) is 5.10 Å². The lowest BCUT2D eigenvalue weighted by molar-refractivity contribution is -0.117. The van der Waals surface area contributed by atoms with Crippen molar-refractivity contribution in [1.29, 1.82) is 0 Å². The van der Waals surface area contributed by atoms with E-state index in [1.165, 1.54) is 4.90 Å². The Morgan fingerprint density at radius 2 is 2.31 bits per heavy atom. The molecule has 1 unspecified atom stereocenters. The first kappa shape index (κ1) is 11.0. The second-order valence-corrected chi connectivity index (χ2v) is 5.27. The first-order chi connectivity index (χ1) is 7.46. The minimum absolute atomic E-state index is 0.130. The smallest absolute Gasteiger partial charge is 0.272 e. The first-order valence-corrected chi connectivity index (χ1v) is 6.21. The molecule has 1 aliphatic heterocycles. The van der Waals surface area contributed by atoms with Crippen LogP contribution in [0.1, 0.15) is 6.42 Å². The molecule has 10 heteroatoms. The van der Waals surface area contributed by atoms with Gasteiger partial charge in [0.2, 0.25) is 15.9 Å². The SMILES string of the molecule is NS(=O)(=O)CC1CC(=O)N(c2nn[nH]n2)C1. The zero-order chi connectivity index (χ0) is 11.8. The molecule has 0 aliphatic carbocycles. The molecule has 1 aliphatic rings. The minimum atomic E-state index is -3.57. The van der Waals surface area contributed by atoms with Crippen molar-refractivity contribution in [3.63, 3.8) is 0 Å². The Labute approximate surface area is 91.0 Å². The molecule has 1 fully saturated rings. The Morgan fingerprint density at radius 1 is 1.56 bits per heavy atom. The average molecular weight is 246 g/mol. The number of nitrogens with one attached hydrogen (secondary N) is 1. The van der Waals surface area contributed by atoms with Gasteiger partial charge >= 0.3 is 0 Å². The number of primary sulfonamides is 1. The fraction of sp³-hybridized carbons (Fsp3) is 0.667. The van der Waals surface area contributed by atoms with Gasteiger partial charge < -0.3 is 0 Å². The number of rotatable bonds is 3. The summed E-state index contributed by atoms with van der Waals surface area (Å²) in [6.45, 7) is 0.245. The molecule has 0 radical (unpaired) electrons. The maximum atomic E-state index is 11.5.